The minimum atomic E-state index is -0.589. The van der Waals surface area contributed by atoms with Crippen molar-refractivity contribution in [1.29, 1.82) is 0 Å². The maximum Gasteiger partial charge on any atom is 0.339 e. The molecular weight excluding hydrogens is 404 g/mol. The maximum absolute atomic E-state index is 12.9. The Labute approximate surface area is 185 Å². The van der Waals surface area contributed by atoms with E-state index in [0.29, 0.717) is 40.2 Å². The fourth-order valence-electron chi connectivity index (χ4n) is 3.35. The molecule has 0 unspecified atom stereocenters. The molecule has 0 atom stereocenters. The molecule has 0 radical (unpaired) electrons. The summed E-state index contributed by atoms with van der Waals surface area (Å²) in [7, 11) is 0. The minimum absolute atomic E-state index is 0.358. The van der Waals surface area contributed by atoms with Crippen LogP contribution in [0.25, 0.3) is 22.2 Å². The van der Waals surface area contributed by atoms with Crippen LogP contribution in [-0.2, 0) is 9.53 Å². The van der Waals surface area contributed by atoms with Gasteiger partial charge in [0, 0.05) is 10.9 Å². The summed E-state index contributed by atoms with van der Waals surface area (Å²) >= 11 is 0. The topological polar surface area (TPSA) is 77.5 Å². The maximum atomic E-state index is 12.9. The van der Waals surface area contributed by atoms with Crippen LogP contribution in [0.4, 0.5) is 5.69 Å². The summed E-state index contributed by atoms with van der Waals surface area (Å²) in [5.41, 5.74) is 3.10. The lowest BCUT2D eigenvalue weighted by atomic mass is 10.0. The van der Waals surface area contributed by atoms with Gasteiger partial charge in [-0.2, -0.15) is 0 Å². The van der Waals surface area contributed by atoms with E-state index in [-0.39, 0.29) is 0 Å². The summed E-state index contributed by atoms with van der Waals surface area (Å²) in [6, 6.07) is 25.7. The number of esters is 1. The number of carbonyl (C=O) groups excluding carboxylic acids is 2. The Morgan fingerprint density at radius 3 is 2.44 bits per heavy atom. The van der Waals surface area contributed by atoms with E-state index in [2.05, 4.69) is 10.3 Å². The molecule has 0 saturated carbocycles. The zero-order chi connectivity index (χ0) is 22.3. The van der Waals surface area contributed by atoms with Gasteiger partial charge in [-0.1, -0.05) is 60.7 Å². The second kappa shape index (κ2) is 9.75. The molecule has 0 aliphatic heterocycles. The summed E-state index contributed by atoms with van der Waals surface area (Å²) in [5.74, 6) is -0.483. The molecule has 1 aromatic heterocycles. The summed E-state index contributed by atoms with van der Waals surface area (Å²) in [4.78, 5) is 30.0. The average Bonchev–Trinajstić information content (AvgIpc) is 2.84. The Balaban J connectivity index is 1.53. The predicted molar refractivity (Wildman–Crippen MR) is 124 cm³/mol. The van der Waals surface area contributed by atoms with Crippen LogP contribution in [-0.4, -0.2) is 30.1 Å². The minimum Gasteiger partial charge on any atom is -0.492 e. The lowest BCUT2D eigenvalue weighted by molar-refractivity contribution is -0.119. The molecule has 1 amide bonds. The number of hydrogen-bond donors (Lipinski definition) is 1. The van der Waals surface area contributed by atoms with E-state index < -0.39 is 18.5 Å². The zero-order valence-corrected chi connectivity index (χ0v) is 17.6. The van der Waals surface area contributed by atoms with Gasteiger partial charge in [0.25, 0.3) is 5.91 Å². The Hall–Kier alpha value is -4.19. The first-order chi connectivity index (χ1) is 15.7. The van der Waals surface area contributed by atoms with Gasteiger partial charge in [0.1, 0.15) is 5.75 Å². The van der Waals surface area contributed by atoms with Crippen LogP contribution in [0, 0.1) is 0 Å². The molecule has 1 N–H and O–H groups in total. The Bertz CT molecular complexity index is 1260. The quantitative estimate of drug-likeness (QED) is 0.416. The molecule has 4 aromatic rings. The third kappa shape index (κ3) is 4.75. The van der Waals surface area contributed by atoms with E-state index in [0.717, 1.165) is 5.56 Å². The van der Waals surface area contributed by atoms with E-state index in [1.807, 2.05) is 67.6 Å². The number of nitrogens with one attached hydrogen (secondary N) is 1. The first-order valence-corrected chi connectivity index (χ1v) is 10.3. The molecule has 0 bridgehead atoms. The van der Waals surface area contributed by atoms with Crippen molar-refractivity contribution >= 4 is 28.5 Å². The van der Waals surface area contributed by atoms with Crippen LogP contribution in [0.5, 0.6) is 5.75 Å². The second-order valence-corrected chi connectivity index (χ2v) is 6.99. The van der Waals surface area contributed by atoms with Crippen molar-refractivity contribution in [2.24, 2.45) is 0 Å². The molecule has 4 rings (SSSR count). The van der Waals surface area contributed by atoms with Gasteiger partial charge in [-0.25, -0.2) is 9.78 Å². The van der Waals surface area contributed by atoms with Gasteiger partial charge in [0.05, 0.1) is 29.1 Å². The number of hydrogen-bond acceptors (Lipinski definition) is 5. The molecular formula is C26H22N2O4. The van der Waals surface area contributed by atoms with Crippen LogP contribution in [0.1, 0.15) is 17.3 Å². The van der Waals surface area contributed by atoms with Gasteiger partial charge in [-0.3, -0.25) is 4.79 Å². The zero-order valence-electron chi connectivity index (χ0n) is 17.6. The van der Waals surface area contributed by atoms with Crippen molar-refractivity contribution in [3.63, 3.8) is 0 Å². The SMILES string of the molecule is CCOc1ccccc1NC(=O)COC(=O)c1cc(-c2ccccc2)nc2ccccc12. The molecule has 6 heteroatoms. The number of para-hydroxylation sites is 3. The van der Waals surface area contributed by atoms with Gasteiger partial charge in [0.2, 0.25) is 0 Å². The number of rotatable bonds is 7. The number of nitrogens with zero attached hydrogens (tertiary/aromatic N) is 1. The highest BCUT2D eigenvalue weighted by molar-refractivity contribution is 6.05. The summed E-state index contributed by atoms with van der Waals surface area (Å²) < 4.78 is 10.8. The van der Waals surface area contributed by atoms with Crippen LogP contribution in [0.15, 0.2) is 84.9 Å². The molecule has 32 heavy (non-hydrogen) atoms. The number of aromatic nitrogens is 1. The molecule has 0 aliphatic carbocycles. The molecule has 0 saturated heterocycles. The number of ether oxygens (including phenoxy) is 2. The molecule has 3 aromatic carbocycles. The standard InChI is InChI=1S/C26H22N2O4/c1-2-31-24-15-9-8-14-22(24)28-25(29)17-32-26(30)20-16-23(18-10-4-3-5-11-18)27-21-13-7-6-12-19(20)21/h3-16H,2,17H2,1H3,(H,28,29). The van der Waals surface area contributed by atoms with E-state index in [9.17, 15) is 9.59 Å². The number of amides is 1. The normalized spacial score (nSPS) is 10.5. The average molecular weight is 426 g/mol. The van der Waals surface area contributed by atoms with E-state index >= 15 is 0 Å². The largest absolute Gasteiger partial charge is 0.492 e. The highest BCUT2D eigenvalue weighted by Crippen LogP contribution is 2.26. The molecule has 160 valence electrons. The molecule has 1 heterocycles. The molecule has 0 fully saturated rings. The van der Waals surface area contributed by atoms with Crippen molar-refractivity contribution in [2.45, 2.75) is 6.92 Å². The van der Waals surface area contributed by atoms with Gasteiger partial charge < -0.3 is 14.8 Å². The van der Waals surface area contributed by atoms with Crippen LogP contribution >= 0.6 is 0 Å². The van der Waals surface area contributed by atoms with Crippen LogP contribution in [0.2, 0.25) is 0 Å². The molecule has 6 nitrogen and oxygen atoms in total. The third-order valence-electron chi connectivity index (χ3n) is 4.80. The Morgan fingerprint density at radius 2 is 1.62 bits per heavy atom. The highest BCUT2D eigenvalue weighted by atomic mass is 16.5. The van der Waals surface area contributed by atoms with Gasteiger partial charge in [-0.15, -0.1) is 0 Å². The van der Waals surface area contributed by atoms with Crippen molar-refractivity contribution in [1.82, 2.24) is 4.98 Å². The van der Waals surface area contributed by atoms with E-state index in [4.69, 9.17) is 9.47 Å². The Morgan fingerprint density at radius 1 is 0.906 bits per heavy atom. The molecule has 0 spiro atoms. The Kier molecular flexibility index (Phi) is 6.41. The summed E-state index contributed by atoms with van der Waals surface area (Å²) in [6.07, 6.45) is 0. The van der Waals surface area contributed by atoms with Crippen molar-refractivity contribution < 1.29 is 19.1 Å². The number of anilines is 1. The first kappa shape index (κ1) is 21.1. The van der Waals surface area contributed by atoms with Crippen molar-refractivity contribution in [3.8, 4) is 17.0 Å². The fraction of sp³-hybridized carbons (Fsp3) is 0.115. The monoisotopic (exact) mass is 426 g/mol. The number of pyridine rings is 1. The van der Waals surface area contributed by atoms with Crippen LogP contribution < -0.4 is 10.1 Å². The summed E-state index contributed by atoms with van der Waals surface area (Å²) in [6.45, 7) is 1.92. The summed E-state index contributed by atoms with van der Waals surface area (Å²) in [5, 5.41) is 3.39. The third-order valence-corrected chi connectivity index (χ3v) is 4.80. The van der Waals surface area contributed by atoms with Crippen molar-refractivity contribution in [2.75, 3.05) is 18.5 Å². The van der Waals surface area contributed by atoms with Crippen LogP contribution in [0.3, 0.4) is 0 Å². The highest BCUT2D eigenvalue weighted by Gasteiger charge is 2.17. The molecule has 0 aliphatic rings. The number of fused-ring (bicyclic) bond motifs is 1. The fourth-order valence-corrected chi connectivity index (χ4v) is 3.35. The smallest absolute Gasteiger partial charge is 0.339 e. The lowest BCUT2D eigenvalue weighted by Crippen LogP contribution is -2.21. The van der Waals surface area contributed by atoms with Gasteiger partial charge in [-0.05, 0) is 31.2 Å². The first-order valence-electron chi connectivity index (χ1n) is 10.3. The second-order valence-electron chi connectivity index (χ2n) is 6.99. The van der Waals surface area contributed by atoms with Gasteiger partial charge >= 0.3 is 5.97 Å². The van der Waals surface area contributed by atoms with E-state index in [1.54, 1.807) is 24.3 Å². The lowest BCUT2D eigenvalue weighted by Gasteiger charge is -2.12. The van der Waals surface area contributed by atoms with Crippen molar-refractivity contribution in [3.05, 3.63) is 90.5 Å². The number of carbonyl (C=O) groups is 2. The predicted octanol–water partition coefficient (Wildman–Crippen LogP) is 5.10. The van der Waals surface area contributed by atoms with Gasteiger partial charge in [0.15, 0.2) is 6.61 Å². The van der Waals surface area contributed by atoms with E-state index in [1.165, 1.54) is 0 Å². The number of benzene rings is 3.